The van der Waals surface area contributed by atoms with E-state index in [9.17, 15) is 0 Å². The van der Waals surface area contributed by atoms with Crippen molar-refractivity contribution >= 4 is 17.5 Å². The van der Waals surface area contributed by atoms with Gasteiger partial charge in [-0.15, -0.1) is 0 Å². The number of hydrogen-bond donors (Lipinski definition) is 1. The van der Waals surface area contributed by atoms with Crippen molar-refractivity contribution < 1.29 is 5.21 Å². The first-order chi connectivity index (χ1) is 8.40. The highest BCUT2D eigenvalue weighted by atomic mass is 32.2. The maximum Gasteiger partial charge on any atom is 0.188 e. The van der Waals surface area contributed by atoms with Crippen LogP contribution in [0.5, 0.6) is 0 Å². The summed E-state index contributed by atoms with van der Waals surface area (Å²) in [6, 6.07) is 1.80. The van der Waals surface area contributed by atoms with E-state index >= 15 is 0 Å². The molecule has 0 unspecified atom stereocenters. The van der Waals surface area contributed by atoms with Gasteiger partial charge in [0, 0.05) is 12.4 Å². The summed E-state index contributed by atoms with van der Waals surface area (Å²) >= 11 is 1.57. The van der Waals surface area contributed by atoms with Gasteiger partial charge in [0.05, 0.1) is 11.0 Å². The van der Waals surface area contributed by atoms with Crippen LogP contribution in [0.3, 0.4) is 0 Å². The lowest BCUT2D eigenvalue weighted by molar-refractivity contribution is 0.316. The Balaban J connectivity index is 2.08. The van der Waals surface area contributed by atoms with Crippen molar-refractivity contribution in [2.45, 2.75) is 36.1 Å². The molecule has 4 nitrogen and oxygen atoms in total. The summed E-state index contributed by atoms with van der Waals surface area (Å²) in [4.78, 5) is 8.39. The number of oxime groups is 1. The highest BCUT2D eigenvalue weighted by Gasteiger charge is 2.19. The van der Waals surface area contributed by atoms with E-state index in [1.807, 2.05) is 0 Å². The van der Waals surface area contributed by atoms with Gasteiger partial charge in [0.1, 0.15) is 0 Å². The summed E-state index contributed by atoms with van der Waals surface area (Å²) in [5, 5.41) is 13.4. The molecule has 0 amide bonds. The molecule has 0 fully saturated rings. The van der Waals surface area contributed by atoms with E-state index in [0.717, 1.165) is 36.6 Å². The smallest absolute Gasteiger partial charge is 0.188 e. The Kier molecular flexibility index (Phi) is 4.55. The molecule has 1 atom stereocenters. The molecule has 1 aliphatic carbocycles. The van der Waals surface area contributed by atoms with Crippen LogP contribution in [0.25, 0.3) is 0 Å². The molecule has 0 spiro atoms. The van der Waals surface area contributed by atoms with Crippen molar-refractivity contribution in [1.29, 1.82) is 0 Å². The molecule has 0 aromatic carbocycles. The number of allylic oxidation sites excluding steroid dienone is 2. The van der Waals surface area contributed by atoms with E-state index in [1.54, 1.807) is 30.2 Å². The summed E-state index contributed by atoms with van der Waals surface area (Å²) in [6.45, 7) is 0. The zero-order valence-corrected chi connectivity index (χ0v) is 10.3. The molecule has 0 radical (unpaired) electrons. The van der Waals surface area contributed by atoms with E-state index in [1.165, 1.54) is 0 Å². The van der Waals surface area contributed by atoms with Gasteiger partial charge in [0.25, 0.3) is 0 Å². The van der Waals surface area contributed by atoms with Crippen LogP contribution in [0.15, 0.2) is 40.9 Å². The van der Waals surface area contributed by atoms with Gasteiger partial charge in [-0.2, -0.15) is 0 Å². The molecule has 1 aromatic rings. The van der Waals surface area contributed by atoms with Crippen LogP contribution in [0, 0.1) is 0 Å². The zero-order valence-electron chi connectivity index (χ0n) is 9.49. The van der Waals surface area contributed by atoms with Gasteiger partial charge >= 0.3 is 0 Å². The maximum absolute atomic E-state index is 9.07. The number of nitrogens with zero attached hydrogens (tertiary/aromatic N) is 3. The SMILES string of the molecule is O/N=C1\CCC=CCC[C@@H]1Sc1ncccn1. The van der Waals surface area contributed by atoms with Crippen molar-refractivity contribution in [2.24, 2.45) is 5.16 Å². The van der Waals surface area contributed by atoms with Crippen LogP contribution in [-0.4, -0.2) is 26.1 Å². The number of thioether (sulfide) groups is 1. The van der Waals surface area contributed by atoms with Crippen molar-refractivity contribution in [1.82, 2.24) is 9.97 Å². The Hall–Kier alpha value is -1.36. The topological polar surface area (TPSA) is 58.4 Å². The minimum Gasteiger partial charge on any atom is -0.411 e. The van der Waals surface area contributed by atoms with Crippen LogP contribution in [0.4, 0.5) is 0 Å². The maximum atomic E-state index is 9.07. The van der Waals surface area contributed by atoms with Crippen molar-refractivity contribution in [3.05, 3.63) is 30.6 Å². The largest absolute Gasteiger partial charge is 0.411 e. The third-order valence-corrected chi connectivity index (χ3v) is 3.83. The minimum absolute atomic E-state index is 0.173. The molecule has 5 heteroatoms. The fourth-order valence-corrected chi connectivity index (χ4v) is 2.81. The van der Waals surface area contributed by atoms with E-state index in [-0.39, 0.29) is 5.25 Å². The number of rotatable bonds is 2. The molecule has 1 aliphatic rings. The third kappa shape index (κ3) is 3.56. The van der Waals surface area contributed by atoms with Gasteiger partial charge in [-0.25, -0.2) is 9.97 Å². The average Bonchev–Trinajstić information content (AvgIpc) is 2.34. The predicted molar refractivity (Wildman–Crippen MR) is 68.5 cm³/mol. The van der Waals surface area contributed by atoms with Gasteiger partial charge in [0.2, 0.25) is 0 Å². The molecule has 1 aromatic heterocycles. The van der Waals surface area contributed by atoms with Crippen LogP contribution in [0.1, 0.15) is 25.7 Å². The van der Waals surface area contributed by atoms with Crippen LogP contribution in [-0.2, 0) is 0 Å². The fourth-order valence-electron chi connectivity index (χ4n) is 1.76. The van der Waals surface area contributed by atoms with E-state index in [2.05, 4.69) is 27.3 Å². The van der Waals surface area contributed by atoms with Gasteiger partial charge < -0.3 is 5.21 Å². The first kappa shape index (κ1) is 12.1. The highest BCUT2D eigenvalue weighted by molar-refractivity contribution is 8.00. The standard InChI is InChI=1S/C12H15N3OS/c16-15-10-6-3-1-2-4-7-11(10)17-12-13-8-5-9-14-12/h1-2,5,8-9,11,16H,3-4,6-7H2/b2-1?,15-10+/t11-/m0/s1. The third-order valence-electron chi connectivity index (χ3n) is 2.62. The predicted octanol–water partition coefficient (Wildman–Crippen LogP) is 2.90. The summed E-state index contributed by atoms with van der Waals surface area (Å²) in [5.41, 5.74) is 0.840. The first-order valence-corrected chi connectivity index (χ1v) is 6.57. The Morgan fingerprint density at radius 2 is 2.00 bits per heavy atom. The van der Waals surface area contributed by atoms with Crippen molar-refractivity contribution in [3.63, 3.8) is 0 Å². The molecule has 1 heterocycles. The quantitative estimate of drug-likeness (QED) is 0.379. The lowest BCUT2D eigenvalue weighted by atomic mass is 10.0. The van der Waals surface area contributed by atoms with Gasteiger partial charge in [0.15, 0.2) is 5.16 Å². The Morgan fingerprint density at radius 1 is 1.24 bits per heavy atom. The fraction of sp³-hybridized carbons (Fsp3) is 0.417. The highest BCUT2D eigenvalue weighted by Crippen LogP contribution is 2.27. The van der Waals surface area contributed by atoms with Crippen molar-refractivity contribution in [2.75, 3.05) is 0 Å². The molecular formula is C12H15N3OS. The first-order valence-electron chi connectivity index (χ1n) is 5.69. The molecule has 0 aliphatic heterocycles. The van der Waals surface area contributed by atoms with Gasteiger partial charge in [-0.1, -0.05) is 29.1 Å². The molecular weight excluding hydrogens is 234 g/mol. The number of hydrogen-bond acceptors (Lipinski definition) is 5. The molecule has 0 bridgehead atoms. The Bertz CT molecular complexity index is 405. The molecule has 17 heavy (non-hydrogen) atoms. The molecule has 2 rings (SSSR count). The van der Waals surface area contributed by atoms with Crippen LogP contribution >= 0.6 is 11.8 Å². The summed E-state index contributed by atoms with van der Waals surface area (Å²) in [7, 11) is 0. The number of aromatic nitrogens is 2. The van der Waals surface area contributed by atoms with Gasteiger partial charge in [-0.05, 0) is 31.7 Å². The summed E-state index contributed by atoms with van der Waals surface area (Å²) < 4.78 is 0. The molecule has 90 valence electrons. The molecule has 0 saturated heterocycles. The second-order valence-electron chi connectivity index (χ2n) is 3.82. The second-order valence-corrected chi connectivity index (χ2v) is 4.99. The normalized spacial score (nSPS) is 23.3. The van der Waals surface area contributed by atoms with Crippen LogP contribution in [0.2, 0.25) is 0 Å². The Morgan fingerprint density at radius 3 is 2.76 bits per heavy atom. The Labute approximate surface area is 105 Å². The van der Waals surface area contributed by atoms with Crippen molar-refractivity contribution in [3.8, 4) is 0 Å². The second kappa shape index (κ2) is 6.39. The van der Waals surface area contributed by atoms with E-state index in [4.69, 9.17) is 5.21 Å². The van der Waals surface area contributed by atoms with E-state index in [0.29, 0.717) is 0 Å². The van der Waals surface area contributed by atoms with Crippen LogP contribution < -0.4 is 0 Å². The summed E-state index contributed by atoms with van der Waals surface area (Å²) in [6.07, 6.45) is 11.5. The molecule has 1 N–H and O–H groups in total. The van der Waals surface area contributed by atoms with Gasteiger partial charge in [-0.3, -0.25) is 0 Å². The minimum atomic E-state index is 0.173. The zero-order chi connectivity index (χ0) is 11.9. The average molecular weight is 249 g/mol. The van der Waals surface area contributed by atoms with E-state index < -0.39 is 0 Å². The summed E-state index contributed by atoms with van der Waals surface area (Å²) in [5.74, 6) is 0. The lowest BCUT2D eigenvalue weighted by Gasteiger charge is -2.17. The molecule has 0 saturated carbocycles. The lowest BCUT2D eigenvalue weighted by Crippen LogP contribution is -2.18. The monoisotopic (exact) mass is 249 g/mol.